The molecule has 0 bridgehead atoms. The number of aromatic nitrogens is 3. The molecule has 0 saturated heterocycles. The minimum absolute atomic E-state index is 0.401. The second-order valence-corrected chi connectivity index (χ2v) is 3.24. The van der Waals surface area contributed by atoms with Crippen LogP contribution in [0.3, 0.4) is 0 Å². The first-order valence-corrected chi connectivity index (χ1v) is 4.57. The third kappa shape index (κ3) is 1.11. The van der Waals surface area contributed by atoms with E-state index in [0.29, 0.717) is 11.5 Å². The van der Waals surface area contributed by atoms with Crippen LogP contribution in [0.2, 0.25) is 0 Å². The molecular weight excluding hydrogens is 190 g/mol. The van der Waals surface area contributed by atoms with Gasteiger partial charge < -0.3 is 0 Å². The van der Waals surface area contributed by atoms with Crippen LogP contribution in [0.1, 0.15) is 10.5 Å². The van der Waals surface area contributed by atoms with Crippen molar-refractivity contribution >= 4 is 23.1 Å². The summed E-state index contributed by atoms with van der Waals surface area (Å²) in [6.45, 7) is 0. The molecule has 4 nitrogen and oxygen atoms in total. The largest absolute Gasteiger partial charge is 0.296 e. The zero-order chi connectivity index (χ0) is 10.3. The molecule has 0 saturated carbocycles. The average Bonchev–Trinajstić information content (AvgIpc) is 2.66. The highest BCUT2D eigenvalue weighted by Crippen LogP contribution is 2.14. The lowest BCUT2D eigenvalue weighted by molar-refractivity contribution is 0.111. The Morgan fingerprint density at radius 1 is 1.13 bits per heavy atom. The topological polar surface area (TPSA) is 47.3 Å². The monoisotopic (exact) mass is 197 g/mol. The summed E-state index contributed by atoms with van der Waals surface area (Å²) in [4.78, 5) is 19.0. The van der Waals surface area contributed by atoms with E-state index in [1.165, 1.54) is 0 Å². The third-order valence-corrected chi connectivity index (χ3v) is 2.32. The smallest absolute Gasteiger partial charge is 0.235 e. The number of imidazole rings is 1. The minimum Gasteiger partial charge on any atom is -0.296 e. The number of carbonyl (C=O) groups excluding carboxylic acids is 1. The first kappa shape index (κ1) is 8.11. The van der Waals surface area contributed by atoms with Crippen molar-refractivity contribution in [1.82, 2.24) is 14.4 Å². The first-order chi connectivity index (χ1) is 7.38. The van der Waals surface area contributed by atoms with Gasteiger partial charge in [-0.3, -0.25) is 9.20 Å². The third-order valence-electron chi connectivity index (χ3n) is 2.32. The van der Waals surface area contributed by atoms with E-state index in [1.807, 2.05) is 28.7 Å². The standard InChI is InChI=1S/C11H7N3O/c15-7-8-5-6-14-10-4-2-1-3-9(10)13-11(14)12-8/h1-7H. The highest BCUT2D eigenvalue weighted by Gasteiger charge is 2.04. The Hall–Kier alpha value is -2.23. The van der Waals surface area contributed by atoms with Crippen LogP contribution in [0.5, 0.6) is 0 Å². The number of benzene rings is 1. The Bertz CT molecular complexity index is 657. The number of aldehydes is 1. The van der Waals surface area contributed by atoms with Crippen molar-refractivity contribution in [2.75, 3.05) is 0 Å². The molecule has 0 N–H and O–H groups in total. The lowest BCUT2D eigenvalue weighted by atomic mass is 10.3. The predicted molar refractivity (Wildman–Crippen MR) is 55.9 cm³/mol. The van der Waals surface area contributed by atoms with Crippen molar-refractivity contribution in [3.63, 3.8) is 0 Å². The number of hydrogen-bond acceptors (Lipinski definition) is 3. The van der Waals surface area contributed by atoms with Crippen LogP contribution < -0.4 is 0 Å². The van der Waals surface area contributed by atoms with Gasteiger partial charge in [0.25, 0.3) is 0 Å². The number of carbonyl (C=O) groups is 1. The van der Waals surface area contributed by atoms with Crippen LogP contribution >= 0.6 is 0 Å². The fourth-order valence-electron chi connectivity index (χ4n) is 1.63. The van der Waals surface area contributed by atoms with E-state index in [0.717, 1.165) is 17.3 Å². The summed E-state index contributed by atoms with van der Waals surface area (Å²) in [6.07, 6.45) is 2.53. The van der Waals surface area contributed by atoms with Gasteiger partial charge in [-0.2, -0.15) is 0 Å². The van der Waals surface area contributed by atoms with Crippen LogP contribution in [0, 0.1) is 0 Å². The highest BCUT2D eigenvalue weighted by atomic mass is 16.1. The van der Waals surface area contributed by atoms with Crippen molar-refractivity contribution in [3.8, 4) is 0 Å². The lowest BCUT2D eigenvalue weighted by Crippen LogP contribution is -1.92. The number of hydrogen-bond donors (Lipinski definition) is 0. The predicted octanol–water partition coefficient (Wildman–Crippen LogP) is 1.69. The highest BCUT2D eigenvalue weighted by molar-refractivity contribution is 5.80. The van der Waals surface area contributed by atoms with E-state index in [9.17, 15) is 4.79 Å². The van der Waals surface area contributed by atoms with Crippen molar-refractivity contribution in [1.29, 1.82) is 0 Å². The molecule has 0 radical (unpaired) electrons. The Balaban J connectivity index is 2.48. The molecule has 0 spiro atoms. The summed E-state index contributed by atoms with van der Waals surface area (Å²) >= 11 is 0. The molecule has 0 aliphatic heterocycles. The van der Waals surface area contributed by atoms with Gasteiger partial charge in [0, 0.05) is 6.20 Å². The van der Waals surface area contributed by atoms with Gasteiger partial charge in [0.05, 0.1) is 11.0 Å². The molecule has 0 fully saturated rings. The molecule has 72 valence electrons. The molecule has 0 aliphatic rings. The Morgan fingerprint density at radius 2 is 2.00 bits per heavy atom. The SMILES string of the molecule is O=Cc1ccn2c(n1)nc1ccccc12. The molecule has 0 unspecified atom stereocenters. The summed E-state index contributed by atoms with van der Waals surface area (Å²) in [7, 11) is 0. The summed E-state index contributed by atoms with van der Waals surface area (Å²) in [5, 5.41) is 0. The van der Waals surface area contributed by atoms with Crippen LogP contribution in [0.25, 0.3) is 16.8 Å². The maximum Gasteiger partial charge on any atom is 0.235 e. The van der Waals surface area contributed by atoms with Gasteiger partial charge in [0.15, 0.2) is 6.29 Å². The molecule has 2 heterocycles. The maximum absolute atomic E-state index is 10.6. The lowest BCUT2D eigenvalue weighted by Gasteiger charge is -1.93. The number of nitrogens with zero attached hydrogens (tertiary/aromatic N) is 3. The van der Waals surface area contributed by atoms with Crippen molar-refractivity contribution < 1.29 is 4.79 Å². The van der Waals surface area contributed by atoms with Gasteiger partial charge in [-0.05, 0) is 18.2 Å². The molecule has 1 aromatic carbocycles. The molecule has 3 rings (SSSR count). The average molecular weight is 197 g/mol. The van der Waals surface area contributed by atoms with Gasteiger partial charge >= 0.3 is 0 Å². The number of para-hydroxylation sites is 2. The minimum atomic E-state index is 0.401. The maximum atomic E-state index is 10.6. The fraction of sp³-hybridized carbons (Fsp3) is 0. The molecular formula is C11H7N3O. The normalized spacial score (nSPS) is 10.9. The second-order valence-electron chi connectivity index (χ2n) is 3.24. The molecule has 0 atom stereocenters. The van der Waals surface area contributed by atoms with Gasteiger partial charge in [0.1, 0.15) is 5.69 Å². The van der Waals surface area contributed by atoms with E-state index < -0.39 is 0 Å². The molecule has 0 aliphatic carbocycles. The first-order valence-electron chi connectivity index (χ1n) is 4.57. The summed E-state index contributed by atoms with van der Waals surface area (Å²) in [6, 6.07) is 9.44. The van der Waals surface area contributed by atoms with Gasteiger partial charge in [-0.25, -0.2) is 9.97 Å². The fourth-order valence-corrected chi connectivity index (χ4v) is 1.63. The summed E-state index contributed by atoms with van der Waals surface area (Å²) < 4.78 is 1.86. The van der Waals surface area contributed by atoms with Crippen LogP contribution in [-0.4, -0.2) is 20.7 Å². The van der Waals surface area contributed by atoms with Crippen molar-refractivity contribution in [2.45, 2.75) is 0 Å². The molecule has 3 aromatic rings. The van der Waals surface area contributed by atoms with Gasteiger partial charge in [-0.1, -0.05) is 12.1 Å². The van der Waals surface area contributed by atoms with E-state index in [-0.39, 0.29) is 0 Å². The quantitative estimate of drug-likeness (QED) is 0.558. The number of fused-ring (bicyclic) bond motifs is 3. The van der Waals surface area contributed by atoms with Crippen molar-refractivity contribution in [2.24, 2.45) is 0 Å². The van der Waals surface area contributed by atoms with Crippen LogP contribution in [0.4, 0.5) is 0 Å². The second kappa shape index (κ2) is 2.88. The van der Waals surface area contributed by atoms with Crippen LogP contribution in [-0.2, 0) is 0 Å². The van der Waals surface area contributed by atoms with E-state index in [1.54, 1.807) is 12.3 Å². The molecule has 2 aromatic heterocycles. The molecule has 15 heavy (non-hydrogen) atoms. The molecule has 0 amide bonds. The Labute approximate surface area is 85.2 Å². The van der Waals surface area contributed by atoms with Gasteiger partial charge in [-0.15, -0.1) is 0 Å². The Morgan fingerprint density at radius 3 is 2.87 bits per heavy atom. The summed E-state index contributed by atoms with van der Waals surface area (Å²) in [5.74, 6) is 0.556. The summed E-state index contributed by atoms with van der Waals surface area (Å²) in [5.41, 5.74) is 2.28. The number of rotatable bonds is 1. The van der Waals surface area contributed by atoms with Crippen LogP contribution in [0.15, 0.2) is 36.5 Å². The zero-order valence-electron chi connectivity index (χ0n) is 7.79. The van der Waals surface area contributed by atoms with E-state index >= 15 is 0 Å². The van der Waals surface area contributed by atoms with E-state index in [4.69, 9.17) is 0 Å². The van der Waals surface area contributed by atoms with Crippen molar-refractivity contribution in [3.05, 3.63) is 42.2 Å². The Kier molecular flexibility index (Phi) is 1.56. The zero-order valence-corrected chi connectivity index (χ0v) is 7.79. The molecule has 4 heteroatoms. The van der Waals surface area contributed by atoms with Gasteiger partial charge in [0.2, 0.25) is 5.78 Å². The van der Waals surface area contributed by atoms with E-state index in [2.05, 4.69) is 9.97 Å².